The quantitative estimate of drug-likeness (QED) is 0.177. The minimum Gasteiger partial charge on any atom is -0.462 e. The average Bonchev–Trinajstić information content (AvgIpc) is 3.01. The standard InChI is InChI=1S/C33H36O8/c1-5-33(6-2,23(3)21-38-29(34)25-15-9-7-10-16-25)41-32(37)28-20-14-13-19-27(28)31(36)40-24(4)22-39-30(35)26-17-11-8-12-18-26/h7-20,23-24H,5-6,21-22H2,1-4H3. The van der Waals surface area contributed by atoms with Crippen LogP contribution in [0.3, 0.4) is 0 Å². The van der Waals surface area contributed by atoms with Crippen LogP contribution in [0.1, 0.15) is 82.0 Å². The topological polar surface area (TPSA) is 105 Å². The van der Waals surface area contributed by atoms with Gasteiger partial charge in [0.1, 0.15) is 18.3 Å². The highest BCUT2D eigenvalue weighted by Gasteiger charge is 2.39. The number of ether oxygens (including phenoxy) is 4. The molecule has 3 aromatic carbocycles. The van der Waals surface area contributed by atoms with Crippen LogP contribution in [-0.4, -0.2) is 48.8 Å². The maximum Gasteiger partial charge on any atom is 0.339 e. The summed E-state index contributed by atoms with van der Waals surface area (Å²) in [5, 5.41) is 0. The number of carbonyl (C=O) groups excluding carboxylic acids is 4. The largest absolute Gasteiger partial charge is 0.462 e. The van der Waals surface area contributed by atoms with E-state index in [0.29, 0.717) is 24.0 Å². The molecule has 8 heteroatoms. The smallest absolute Gasteiger partial charge is 0.339 e. The molecule has 3 rings (SSSR count). The van der Waals surface area contributed by atoms with Crippen LogP contribution in [0.25, 0.3) is 0 Å². The molecule has 0 saturated heterocycles. The monoisotopic (exact) mass is 560 g/mol. The highest BCUT2D eigenvalue weighted by atomic mass is 16.6. The first-order valence-corrected chi connectivity index (χ1v) is 13.7. The molecule has 0 amide bonds. The summed E-state index contributed by atoms with van der Waals surface area (Å²) in [5.41, 5.74) is -0.0386. The van der Waals surface area contributed by atoms with Crippen LogP contribution >= 0.6 is 0 Å². The summed E-state index contributed by atoms with van der Waals surface area (Å²) >= 11 is 0. The number of hydrogen-bond acceptors (Lipinski definition) is 8. The molecular weight excluding hydrogens is 524 g/mol. The van der Waals surface area contributed by atoms with Crippen molar-refractivity contribution in [2.24, 2.45) is 5.92 Å². The molecule has 0 aliphatic rings. The average molecular weight is 561 g/mol. The van der Waals surface area contributed by atoms with E-state index >= 15 is 0 Å². The summed E-state index contributed by atoms with van der Waals surface area (Å²) in [6.07, 6.45) is 0.176. The summed E-state index contributed by atoms with van der Waals surface area (Å²) in [5.74, 6) is -2.75. The highest BCUT2D eigenvalue weighted by molar-refractivity contribution is 6.03. The third-order valence-corrected chi connectivity index (χ3v) is 7.00. The lowest BCUT2D eigenvalue weighted by atomic mass is 9.84. The number of rotatable bonds is 13. The molecule has 0 fully saturated rings. The van der Waals surface area contributed by atoms with Gasteiger partial charge in [0.2, 0.25) is 0 Å². The number of hydrogen-bond donors (Lipinski definition) is 0. The van der Waals surface area contributed by atoms with Crippen molar-refractivity contribution in [3.8, 4) is 0 Å². The second-order valence-electron chi connectivity index (χ2n) is 9.75. The molecule has 8 nitrogen and oxygen atoms in total. The third-order valence-electron chi connectivity index (χ3n) is 7.00. The predicted octanol–water partition coefficient (Wildman–Crippen LogP) is 6.30. The van der Waals surface area contributed by atoms with Gasteiger partial charge in [-0.1, -0.05) is 69.3 Å². The van der Waals surface area contributed by atoms with Gasteiger partial charge in [0.15, 0.2) is 0 Å². The molecule has 0 N–H and O–H groups in total. The fourth-order valence-electron chi connectivity index (χ4n) is 4.41. The van der Waals surface area contributed by atoms with Gasteiger partial charge in [0.25, 0.3) is 0 Å². The highest BCUT2D eigenvalue weighted by Crippen LogP contribution is 2.32. The van der Waals surface area contributed by atoms with Gasteiger partial charge in [-0.25, -0.2) is 19.2 Å². The molecule has 0 saturated carbocycles. The van der Waals surface area contributed by atoms with E-state index in [-0.39, 0.29) is 30.3 Å². The Kier molecular flexibility index (Phi) is 11.2. The molecule has 0 radical (unpaired) electrons. The zero-order valence-corrected chi connectivity index (χ0v) is 23.8. The lowest BCUT2D eigenvalue weighted by Gasteiger charge is -2.37. The zero-order valence-electron chi connectivity index (χ0n) is 23.8. The van der Waals surface area contributed by atoms with Gasteiger partial charge in [0.05, 0.1) is 28.9 Å². The first-order chi connectivity index (χ1) is 19.7. The summed E-state index contributed by atoms with van der Waals surface area (Å²) in [4.78, 5) is 51.1. The molecule has 0 heterocycles. The van der Waals surface area contributed by atoms with Gasteiger partial charge in [-0.3, -0.25) is 0 Å². The van der Waals surface area contributed by atoms with Gasteiger partial charge in [0, 0.05) is 5.92 Å². The Bertz CT molecular complexity index is 1320. The molecule has 0 aliphatic carbocycles. The van der Waals surface area contributed by atoms with Crippen molar-refractivity contribution in [1.82, 2.24) is 0 Å². The normalized spacial score (nSPS) is 12.5. The molecule has 0 spiro atoms. The second kappa shape index (κ2) is 14.8. The number of benzene rings is 3. The molecule has 0 aliphatic heterocycles. The van der Waals surface area contributed by atoms with Crippen molar-refractivity contribution in [3.63, 3.8) is 0 Å². The molecular formula is C33H36O8. The summed E-state index contributed by atoms with van der Waals surface area (Å²) in [6.45, 7) is 7.13. The molecule has 0 bridgehead atoms. The summed E-state index contributed by atoms with van der Waals surface area (Å²) in [6, 6.07) is 23.4. The lowest BCUT2D eigenvalue weighted by molar-refractivity contribution is -0.0672. The van der Waals surface area contributed by atoms with Gasteiger partial charge in [-0.05, 0) is 56.2 Å². The van der Waals surface area contributed by atoms with Crippen molar-refractivity contribution in [1.29, 1.82) is 0 Å². The number of esters is 4. The van der Waals surface area contributed by atoms with Crippen molar-refractivity contribution in [2.75, 3.05) is 13.2 Å². The van der Waals surface area contributed by atoms with E-state index in [9.17, 15) is 19.2 Å². The molecule has 0 aromatic heterocycles. The van der Waals surface area contributed by atoms with E-state index in [1.54, 1.807) is 73.7 Å². The minimum atomic E-state index is -0.940. The molecule has 3 aromatic rings. The van der Waals surface area contributed by atoms with Gasteiger partial charge < -0.3 is 18.9 Å². The Morgan fingerprint density at radius 2 is 1.05 bits per heavy atom. The maximum atomic E-state index is 13.4. The summed E-state index contributed by atoms with van der Waals surface area (Å²) < 4.78 is 22.3. The van der Waals surface area contributed by atoms with Crippen LogP contribution in [0.4, 0.5) is 0 Å². The van der Waals surface area contributed by atoms with E-state index in [0.717, 1.165) is 0 Å². The minimum absolute atomic E-state index is 0.0306. The van der Waals surface area contributed by atoms with Crippen LogP contribution in [0.2, 0.25) is 0 Å². The van der Waals surface area contributed by atoms with Gasteiger partial charge >= 0.3 is 23.9 Å². The van der Waals surface area contributed by atoms with E-state index in [4.69, 9.17) is 18.9 Å². The Balaban J connectivity index is 1.65. The van der Waals surface area contributed by atoms with E-state index < -0.39 is 35.6 Å². The van der Waals surface area contributed by atoms with Crippen molar-refractivity contribution >= 4 is 23.9 Å². The van der Waals surface area contributed by atoms with Gasteiger partial charge in [-0.15, -0.1) is 0 Å². The Labute approximate surface area is 240 Å². The van der Waals surface area contributed by atoms with Crippen molar-refractivity contribution < 1.29 is 38.1 Å². The predicted molar refractivity (Wildman–Crippen MR) is 153 cm³/mol. The first-order valence-electron chi connectivity index (χ1n) is 13.7. The van der Waals surface area contributed by atoms with E-state index in [1.165, 1.54) is 12.1 Å². The Hall–Kier alpha value is -4.46. The third kappa shape index (κ3) is 8.27. The second-order valence-corrected chi connectivity index (χ2v) is 9.75. The first kappa shape index (κ1) is 31.1. The molecule has 41 heavy (non-hydrogen) atoms. The van der Waals surface area contributed by atoms with E-state index in [2.05, 4.69) is 0 Å². The molecule has 2 atom stereocenters. The molecule has 2 unspecified atom stereocenters. The van der Waals surface area contributed by atoms with Crippen LogP contribution in [-0.2, 0) is 18.9 Å². The van der Waals surface area contributed by atoms with Crippen LogP contribution in [0.15, 0.2) is 84.9 Å². The fraction of sp³-hybridized carbons (Fsp3) is 0.333. The molecule has 216 valence electrons. The lowest BCUT2D eigenvalue weighted by Crippen LogP contribution is -2.43. The van der Waals surface area contributed by atoms with Crippen molar-refractivity contribution in [2.45, 2.75) is 52.2 Å². The van der Waals surface area contributed by atoms with Gasteiger partial charge in [-0.2, -0.15) is 0 Å². The van der Waals surface area contributed by atoms with Crippen LogP contribution < -0.4 is 0 Å². The Morgan fingerprint density at radius 1 is 0.610 bits per heavy atom. The van der Waals surface area contributed by atoms with E-state index in [1.807, 2.05) is 26.8 Å². The Morgan fingerprint density at radius 3 is 1.54 bits per heavy atom. The maximum absolute atomic E-state index is 13.4. The van der Waals surface area contributed by atoms with Crippen LogP contribution in [0, 0.1) is 5.92 Å². The van der Waals surface area contributed by atoms with Crippen LogP contribution in [0.5, 0.6) is 0 Å². The zero-order chi connectivity index (χ0) is 29.8. The van der Waals surface area contributed by atoms with Crippen molar-refractivity contribution in [3.05, 3.63) is 107 Å². The number of carbonyl (C=O) groups is 4. The summed E-state index contributed by atoms with van der Waals surface area (Å²) in [7, 11) is 0. The fourth-order valence-corrected chi connectivity index (χ4v) is 4.41. The SMILES string of the molecule is CCC(CC)(OC(=O)c1ccccc1C(=O)OC(C)COC(=O)c1ccccc1)C(C)COC(=O)c1ccccc1.